The molecule has 8 atom stereocenters. The first-order valence-electron chi connectivity index (χ1n) is 14.3. The van der Waals surface area contributed by atoms with Crippen molar-refractivity contribution >= 4 is 11.8 Å². The van der Waals surface area contributed by atoms with Crippen LogP contribution in [0.1, 0.15) is 87.6 Å². The molecule has 0 N–H and O–H groups in total. The van der Waals surface area contributed by atoms with E-state index < -0.39 is 0 Å². The molecule has 2 aromatic rings. The van der Waals surface area contributed by atoms with Crippen LogP contribution in [0.25, 0.3) is 0 Å². The van der Waals surface area contributed by atoms with E-state index in [1.54, 1.807) is 0 Å². The van der Waals surface area contributed by atoms with Gasteiger partial charge in [0.25, 0.3) is 0 Å². The summed E-state index contributed by atoms with van der Waals surface area (Å²) in [5.41, 5.74) is 3.89. The zero-order valence-electron chi connectivity index (χ0n) is 22.5. The monoisotopic (exact) mass is 496 g/mol. The van der Waals surface area contributed by atoms with Gasteiger partial charge in [0.15, 0.2) is 5.78 Å². The Kier molecular flexibility index (Phi) is 6.17. The number of benzene rings is 2. The number of ketones is 1. The molecule has 0 radical (unpaired) electrons. The topological polar surface area (TPSA) is 43.4 Å². The smallest absolute Gasteiger partial charge is 0.302 e. The van der Waals surface area contributed by atoms with Crippen LogP contribution in [0.5, 0.6) is 0 Å². The Hall–Kier alpha value is -2.68. The van der Waals surface area contributed by atoms with E-state index in [4.69, 9.17) is 4.74 Å². The third kappa shape index (κ3) is 4.01. The first kappa shape index (κ1) is 24.6. The van der Waals surface area contributed by atoms with Crippen LogP contribution >= 0.6 is 0 Å². The lowest BCUT2D eigenvalue weighted by molar-refractivity contribution is -0.148. The van der Waals surface area contributed by atoms with Gasteiger partial charge in [-0.05, 0) is 78.6 Å². The Morgan fingerprint density at radius 3 is 2.30 bits per heavy atom. The minimum Gasteiger partial charge on any atom is -0.462 e. The van der Waals surface area contributed by atoms with E-state index in [9.17, 15) is 9.59 Å². The second-order valence-corrected chi connectivity index (χ2v) is 12.7. The highest BCUT2D eigenvalue weighted by Gasteiger charge is 2.62. The summed E-state index contributed by atoms with van der Waals surface area (Å²) in [6, 6.07) is 20.8. The minimum absolute atomic E-state index is 0.00520. The highest BCUT2D eigenvalue weighted by atomic mass is 16.5. The van der Waals surface area contributed by atoms with Gasteiger partial charge >= 0.3 is 5.97 Å². The van der Waals surface area contributed by atoms with Gasteiger partial charge in [-0.2, -0.15) is 0 Å². The average Bonchev–Trinajstić information content (AvgIpc) is 3.22. The zero-order valence-corrected chi connectivity index (χ0v) is 22.5. The first-order chi connectivity index (χ1) is 17.8. The van der Waals surface area contributed by atoms with Crippen molar-refractivity contribution in [3.8, 4) is 0 Å². The quantitative estimate of drug-likeness (QED) is 0.247. The fourth-order valence-electron chi connectivity index (χ4n) is 9.30. The lowest BCUT2D eigenvalue weighted by Crippen LogP contribution is -2.51. The number of carbonyl (C=O) groups is 2. The van der Waals surface area contributed by atoms with Gasteiger partial charge in [0.05, 0.1) is 0 Å². The third-order valence-electron chi connectivity index (χ3n) is 11.0. The molecule has 0 aromatic heterocycles. The molecule has 3 fully saturated rings. The largest absolute Gasteiger partial charge is 0.462 e. The summed E-state index contributed by atoms with van der Waals surface area (Å²) < 4.78 is 5.63. The summed E-state index contributed by atoms with van der Waals surface area (Å²) in [5, 5.41) is 0. The van der Waals surface area contributed by atoms with Crippen LogP contribution in [0, 0.1) is 34.5 Å². The van der Waals surface area contributed by atoms with Crippen LogP contribution in [0.2, 0.25) is 0 Å². The number of allylic oxidation sites excluding steroid dienone is 1. The number of hydrogen-bond acceptors (Lipinski definition) is 3. The number of fused-ring (bicyclic) bond motifs is 5. The molecular weight excluding hydrogens is 456 g/mol. The number of carbonyl (C=O) groups excluding carboxylic acids is 2. The van der Waals surface area contributed by atoms with Crippen LogP contribution in [-0.2, 0) is 9.53 Å². The maximum absolute atomic E-state index is 14.2. The van der Waals surface area contributed by atoms with Crippen molar-refractivity contribution in [3.63, 3.8) is 0 Å². The molecule has 3 nitrogen and oxygen atoms in total. The highest BCUT2D eigenvalue weighted by molar-refractivity contribution is 5.99. The van der Waals surface area contributed by atoms with E-state index in [1.165, 1.54) is 24.5 Å². The van der Waals surface area contributed by atoms with Gasteiger partial charge in [0.1, 0.15) is 6.10 Å². The zero-order chi connectivity index (χ0) is 25.8. The number of esters is 1. The van der Waals surface area contributed by atoms with E-state index >= 15 is 0 Å². The number of Topliss-reactive ketones (excluding diaryl/α,β-unsaturated/α-hetero) is 1. The highest BCUT2D eigenvalue weighted by Crippen LogP contribution is 2.69. The van der Waals surface area contributed by atoms with Crippen molar-refractivity contribution in [3.05, 3.63) is 83.4 Å². The summed E-state index contributed by atoms with van der Waals surface area (Å²) in [7, 11) is 0. The summed E-state index contributed by atoms with van der Waals surface area (Å²) in [5.74, 6) is 2.24. The van der Waals surface area contributed by atoms with Gasteiger partial charge in [0, 0.05) is 24.8 Å². The van der Waals surface area contributed by atoms with Gasteiger partial charge in [-0.15, -0.1) is 0 Å². The number of rotatable bonds is 4. The van der Waals surface area contributed by atoms with Crippen molar-refractivity contribution in [2.75, 3.05) is 0 Å². The van der Waals surface area contributed by atoms with Gasteiger partial charge in [0.2, 0.25) is 0 Å². The Labute approximate surface area is 221 Å². The minimum atomic E-state index is -0.164. The molecule has 4 aliphatic carbocycles. The van der Waals surface area contributed by atoms with Crippen molar-refractivity contribution < 1.29 is 14.3 Å². The van der Waals surface area contributed by atoms with E-state index in [-0.39, 0.29) is 34.7 Å². The maximum Gasteiger partial charge on any atom is 0.302 e. The number of hydrogen-bond donors (Lipinski definition) is 0. The summed E-state index contributed by atoms with van der Waals surface area (Å²) in [6.07, 6.45) is 9.97. The standard InChI is InChI=1S/C34H40O3/c1-22(35)37-26-16-18-33(2)25(20-26)14-15-27-29(33)17-19-34(3)30(27)21-28(23-10-6-4-7-11-23)31(34)32(36)24-12-8-5-9-13-24/h4-14,26-31H,15-21H2,1-3H3/t26-,27-,28+,29+,30+,31+,33-,34-/m1/s1. The SMILES string of the molecule is CC(=O)O[C@@H]1CC[C@]2(C)C(=CC[C@H]3[C@@H]4C[C@@H](c5ccccc5)[C@@H](C(=O)c5ccccc5)[C@]4(C)CC[C@@H]32)C1. The Bertz CT molecular complexity index is 1200. The average molecular weight is 497 g/mol. The Balaban J connectivity index is 1.35. The van der Waals surface area contributed by atoms with E-state index in [0.29, 0.717) is 23.5 Å². The molecule has 3 heteroatoms. The van der Waals surface area contributed by atoms with Crippen molar-refractivity contribution in [1.82, 2.24) is 0 Å². The van der Waals surface area contributed by atoms with Gasteiger partial charge in [-0.25, -0.2) is 0 Å². The van der Waals surface area contributed by atoms with Crippen LogP contribution in [-0.4, -0.2) is 17.9 Å². The molecule has 194 valence electrons. The molecule has 0 amide bonds. The second kappa shape index (κ2) is 9.26. The molecule has 4 aliphatic rings. The molecule has 0 aliphatic heterocycles. The van der Waals surface area contributed by atoms with Gasteiger partial charge in [-0.3, -0.25) is 9.59 Å². The molecule has 0 saturated heterocycles. The van der Waals surface area contributed by atoms with Crippen LogP contribution in [0.3, 0.4) is 0 Å². The van der Waals surface area contributed by atoms with Gasteiger partial charge < -0.3 is 4.74 Å². The Morgan fingerprint density at radius 2 is 1.59 bits per heavy atom. The van der Waals surface area contributed by atoms with Gasteiger partial charge in [-0.1, -0.05) is 86.2 Å². The van der Waals surface area contributed by atoms with Crippen LogP contribution in [0.15, 0.2) is 72.3 Å². The molecular formula is C34H40O3. The van der Waals surface area contributed by atoms with Crippen molar-refractivity contribution in [1.29, 1.82) is 0 Å². The van der Waals surface area contributed by atoms with E-state index in [0.717, 1.165) is 44.1 Å². The predicted molar refractivity (Wildman–Crippen MR) is 146 cm³/mol. The second-order valence-electron chi connectivity index (χ2n) is 12.7. The fraction of sp³-hybridized carbons (Fsp3) is 0.529. The van der Waals surface area contributed by atoms with Crippen molar-refractivity contribution in [2.24, 2.45) is 34.5 Å². The maximum atomic E-state index is 14.2. The first-order valence-corrected chi connectivity index (χ1v) is 14.3. The molecule has 37 heavy (non-hydrogen) atoms. The third-order valence-corrected chi connectivity index (χ3v) is 11.0. The molecule has 0 unspecified atom stereocenters. The van der Waals surface area contributed by atoms with E-state index in [1.807, 2.05) is 30.3 Å². The Morgan fingerprint density at radius 1 is 0.892 bits per heavy atom. The van der Waals surface area contributed by atoms with Crippen LogP contribution < -0.4 is 0 Å². The fourth-order valence-corrected chi connectivity index (χ4v) is 9.30. The van der Waals surface area contributed by atoms with Crippen molar-refractivity contribution in [2.45, 2.75) is 77.7 Å². The molecule has 6 rings (SSSR count). The normalized spacial score (nSPS) is 38.5. The number of ether oxygens (including phenoxy) is 1. The predicted octanol–water partition coefficient (Wildman–Crippen LogP) is 7.77. The molecule has 0 bridgehead atoms. The molecule has 0 spiro atoms. The summed E-state index contributed by atoms with van der Waals surface area (Å²) >= 11 is 0. The lowest BCUT2D eigenvalue weighted by atomic mass is 9.47. The van der Waals surface area contributed by atoms with E-state index in [2.05, 4.69) is 50.3 Å². The molecule has 2 aromatic carbocycles. The lowest BCUT2D eigenvalue weighted by Gasteiger charge is -2.58. The summed E-state index contributed by atoms with van der Waals surface area (Å²) in [6.45, 7) is 6.46. The summed E-state index contributed by atoms with van der Waals surface area (Å²) in [4.78, 5) is 25.8. The van der Waals surface area contributed by atoms with Crippen LogP contribution in [0.4, 0.5) is 0 Å². The molecule has 3 saturated carbocycles. The molecule has 0 heterocycles.